The molecule has 0 aromatic heterocycles. The van der Waals surface area contributed by atoms with Gasteiger partial charge < -0.3 is 0 Å². The molecule has 0 saturated carbocycles. The molecule has 1 aliphatic rings. The molecule has 1 heterocycles. The molecular formula is C16H23N3Si. The van der Waals surface area contributed by atoms with E-state index in [1.165, 1.54) is 19.3 Å². The maximum absolute atomic E-state index is 4.39. The van der Waals surface area contributed by atoms with Crippen molar-refractivity contribution in [3.8, 4) is 11.5 Å². The first kappa shape index (κ1) is 14.8. The predicted molar refractivity (Wildman–Crippen MR) is 86.6 cm³/mol. The molecule has 0 bridgehead atoms. The van der Waals surface area contributed by atoms with Crippen LogP contribution in [0, 0.1) is 11.5 Å². The van der Waals surface area contributed by atoms with Crippen LogP contribution in [0.2, 0.25) is 19.6 Å². The van der Waals surface area contributed by atoms with Gasteiger partial charge in [-0.1, -0.05) is 42.9 Å². The summed E-state index contributed by atoms with van der Waals surface area (Å²) in [5.41, 5.74) is 5.25. The molecule has 1 aliphatic heterocycles. The minimum absolute atomic E-state index is 0.879. The monoisotopic (exact) mass is 285 g/mol. The van der Waals surface area contributed by atoms with Crippen LogP contribution in [0.25, 0.3) is 0 Å². The zero-order valence-electron chi connectivity index (χ0n) is 12.7. The Morgan fingerprint density at radius 3 is 2.45 bits per heavy atom. The Hall–Kier alpha value is -1.60. The highest BCUT2D eigenvalue weighted by molar-refractivity contribution is 6.83. The summed E-state index contributed by atoms with van der Waals surface area (Å²) < 4.78 is 0. The lowest BCUT2D eigenvalue weighted by atomic mass is 10.2. The average molecular weight is 285 g/mol. The van der Waals surface area contributed by atoms with Gasteiger partial charge in [0.15, 0.2) is 0 Å². The fourth-order valence-corrected chi connectivity index (χ4v) is 2.51. The lowest BCUT2D eigenvalue weighted by Gasteiger charge is -2.21. The zero-order chi connectivity index (χ0) is 14.4. The molecule has 2 rings (SSSR count). The smallest absolute Gasteiger partial charge is 0.129 e. The largest absolute Gasteiger partial charge is 0.278 e. The van der Waals surface area contributed by atoms with Crippen LogP contribution >= 0.6 is 0 Å². The number of benzene rings is 1. The van der Waals surface area contributed by atoms with Crippen molar-refractivity contribution >= 4 is 13.8 Å². The standard InChI is InChI=1S/C16H23N3Si/c1-20(2,3)14-11-15-9-5-6-10-16(15)17-18-19-12-7-4-8-13-19/h5-6,9-10H,4,7-8,12-13H2,1-3H3. The third-order valence-electron chi connectivity index (χ3n) is 3.09. The van der Waals surface area contributed by atoms with Crippen molar-refractivity contribution < 1.29 is 0 Å². The summed E-state index contributed by atoms with van der Waals surface area (Å²) in [5.74, 6) is 3.28. The molecule has 0 unspecified atom stereocenters. The van der Waals surface area contributed by atoms with Gasteiger partial charge in [0.2, 0.25) is 0 Å². The van der Waals surface area contributed by atoms with Gasteiger partial charge in [-0.25, -0.2) is 0 Å². The first-order valence-corrected chi connectivity index (χ1v) is 10.8. The molecule has 1 aromatic rings. The van der Waals surface area contributed by atoms with Crippen LogP contribution in [0.1, 0.15) is 24.8 Å². The molecule has 4 heteroatoms. The molecular weight excluding hydrogens is 262 g/mol. The quantitative estimate of drug-likeness (QED) is 0.449. The van der Waals surface area contributed by atoms with Crippen molar-refractivity contribution in [3.05, 3.63) is 29.8 Å². The van der Waals surface area contributed by atoms with Crippen LogP contribution in [0.3, 0.4) is 0 Å². The molecule has 0 aliphatic carbocycles. The van der Waals surface area contributed by atoms with Crippen LogP contribution in [-0.2, 0) is 0 Å². The van der Waals surface area contributed by atoms with Gasteiger partial charge in [-0.05, 0) is 31.4 Å². The normalized spacial score (nSPS) is 16.1. The van der Waals surface area contributed by atoms with Gasteiger partial charge in [0.25, 0.3) is 0 Å². The number of nitrogens with zero attached hydrogens (tertiary/aromatic N) is 3. The highest BCUT2D eigenvalue weighted by atomic mass is 28.3. The van der Waals surface area contributed by atoms with E-state index in [4.69, 9.17) is 0 Å². The summed E-state index contributed by atoms with van der Waals surface area (Å²) in [6.07, 6.45) is 3.75. The molecule has 0 atom stereocenters. The summed E-state index contributed by atoms with van der Waals surface area (Å²) in [6.45, 7) is 8.78. The Balaban J connectivity index is 2.14. The second kappa shape index (κ2) is 6.71. The molecule has 20 heavy (non-hydrogen) atoms. The van der Waals surface area contributed by atoms with Crippen molar-refractivity contribution in [1.82, 2.24) is 5.01 Å². The molecule has 1 fully saturated rings. The molecule has 1 aromatic carbocycles. The highest BCUT2D eigenvalue weighted by Crippen LogP contribution is 2.19. The van der Waals surface area contributed by atoms with Gasteiger partial charge in [-0.3, -0.25) is 5.01 Å². The van der Waals surface area contributed by atoms with Crippen LogP contribution in [-0.4, -0.2) is 26.2 Å². The predicted octanol–water partition coefficient (Wildman–Crippen LogP) is 4.40. The van der Waals surface area contributed by atoms with Gasteiger partial charge >= 0.3 is 0 Å². The summed E-state index contributed by atoms with van der Waals surface area (Å²) in [5, 5.41) is 10.8. The van der Waals surface area contributed by atoms with Gasteiger partial charge in [0.1, 0.15) is 13.8 Å². The molecule has 1 saturated heterocycles. The summed E-state index contributed by atoms with van der Waals surface area (Å²) in [7, 11) is -1.36. The summed E-state index contributed by atoms with van der Waals surface area (Å²) >= 11 is 0. The lowest BCUT2D eigenvalue weighted by Crippen LogP contribution is -2.23. The second-order valence-electron chi connectivity index (χ2n) is 6.22. The number of piperidine rings is 1. The van der Waals surface area contributed by atoms with Crippen molar-refractivity contribution in [2.75, 3.05) is 13.1 Å². The van der Waals surface area contributed by atoms with Crippen molar-refractivity contribution in [2.45, 2.75) is 38.9 Å². The van der Waals surface area contributed by atoms with E-state index in [0.717, 1.165) is 24.3 Å². The summed E-state index contributed by atoms with van der Waals surface area (Å²) in [6, 6.07) is 8.01. The fourth-order valence-electron chi connectivity index (χ4n) is 2.00. The third-order valence-corrected chi connectivity index (χ3v) is 3.96. The molecule has 0 spiro atoms. The van der Waals surface area contributed by atoms with Gasteiger partial charge in [-0.15, -0.1) is 10.7 Å². The van der Waals surface area contributed by atoms with E-state index in [0.29, 0.717) is 0 Å². The maximum atomic E-state index is 4.39. The van der Waals surface area contributed by atoms with Crippen LogP contribution in [0.4, 0.5) is 5.69 Å². The first-order chi connectivity index (χ1) is 9.54. The SMILES string of the molecule is C[Si](C)(C)C#Cc1ccccc1N=NN1CCCCC1. The highest BCUT2D eigenvalue weighted by Gasteiger charge is 2.09. The van der Waals surface area contributed by atoms with Gasteiger partial charge in [0, 0.05) is 13.1 Å². The number of rotatable bonds is 2. The van der Waals surface area contributed by atoms with Gasteiger partial charge in [-0.2, -0.15) is 0 Å². The number of hydrogen-bond acceptors (Lipinski definition) is 2. The van der Waals surface area contributed by atoms with Gasteiger partial charge in [0.05, 0.1) is 5.56 Å². The maximum Gasteiger partial charge on any atom is 0.129 e. The molecule has 0 amide bonds. The molecule has 0 N–H and O–H groups in total. The Morgan fingerprint density at radius 1 is 1.05 bits per heavy atom. The topological polar surface area (TPSA) is 28.0 Å². The molecule has 0 radical (unpaired) electrons. The Kier molecular flexibility index (Phi) is 4.97. The fraction of sp³-hybridized carbons (Fsp3) is 0.500. The van der Waals surface area contributed by atoms with Crippen molar-refractivity contribution in [1.29, 1.82) is 0 Å². The van der Waals surface area contributed by atoms with Crippen LogP contribution in [0.15, 0.2) is 34.6 Å². The van der Waals surface area contributed by atoms with E-state index in [1.54, 1.807) is 0 Å². The van der Waals surface area contributed by atoms with E-state index in [1.807, 2.05) is 24.3 Å². The minimum Gasteiger partial charge on any atom is -0.278 e. The Bertz CT molecular complexity index is 529. The first-order valence-electron chi connectivity index (χ1n) is 7.33. The Labute approximate surface area is 123 Å². The Morgan fingerprint density at radius 2 is 1.75 bits per heavy atom. The second-order valence-corrected chi connectivity index (χ2v) is 11.0. The van der Waals surface area contributed by atoms with Crippen LogP contribution < -0.4 is 0 Å². The molecule has 3 nitrogen and oxygen atoms in total. The minimum atomic E-state index is -1.36. The molecule has 106 valence electrons. The third kappa shape index (κ3) is 4.82. The van der Waals surface area contributed by atoms with E-state index in [-0.39, 0.29) is 0 Å². The number of hydrogen-bond donors (Lipinski definition) is 0. The average Bonchev–Trinajstić information content (AvgIpc) is 2.44. The van der Waals surface area contributed by atoms with Crippen molar-refractivity contribution in [2.24, 2.45) is 10.3 Å². The lowest BCUT2D eigenvalue weighted by molar-refractivity contribution is 0.224. The van der Waals surface area contributed by atoms with E-state index >= 15 is 0 Å². The van der Waals surface area contributed by atoms with Crippen LogP contribution in [0.5, 0.6) is 0 Å². The van der Waals surface area contributed by atoms with Crippen molar-refractivity contribution in [3.63, 3.8) is 0 Å². The van der Waals surface area contributed by atoms with E-state index < -0.39 is 8.07 Å². The summed E-state index contributed by atoms with van der Waals surface area (Å²) in [4.78, 5) is 0. The van der Waals surface area contributed by atoms with E-state index in [2.05, 4.69) is 46.5 Å². The van der Waals surface area contributed by atoms with E-state index in [9.17, 15) is 0 Å². The zero-order valence-corrected chi connectivity index (χ0v) is 13.7.